The van der Waals surface area contributed by atoms with Crippen LogP contribution in [0.15, 0.2) is 24.3 Å². The number of piperazine rings is 1. The van der Waals surface area contributed by atoms with Gasteiger partial charge in [-0.05, 0) is 31.9 Å². The third-order valence-corrected chi connectivity index (χ3v) is 5.40. The van der Waals surface area contributed by atoms with Gasteiger partial charge in [0, 0.05) is 32.1 Å². The molecule has 4 rings (SSSR count). The molecular formula is C19H21N3O4. The number of amides is 4. The maximum Gasteiger partial charge on any atom is 0.262 e. The molecule has 1 atom stereocenters. The Hall–Kier alpha value is -2.70. The molecule has 0 radical (unpaired) electrons. The summed E-state index contributed by atoms with van der Waals surface area (Å²) in [5.74, 6) is -0.735. The topological polar surface area (TPSA) is 78.0 Å². The van der Waals surface area contributed by atoms with Gasteiger partial charge < -0.3 is 9.80 Å². The zero-order valence-corrected chi connectivity index (χ0v) is 14.7. The van der Waals surface area contributed by atoms with Crippen molar-refractivity contribution in [1.29, 1.82) is 0 Å². The lowest BCUT2D eigenvalue weighted by molar-refractivity contribution is -0.142. The number of carbonyl (C=O) groups excluding carboxylic acids is 4. The Morgan fingerprint density at radius 3 is 1.92 bits per heavy atom. The molecule has 7 nitrogen and oxygen atoms in total. The second-order valence-electron chi connectivity index (χ2n) is 7.13. The Morgan fingerprint density at radius 2 is 1.42 bits per heavy atom. The van der Waals surface area contributed by atoms with Crippen LogP contribution in [0.4, 0.5) is 0 Å². The van der Waals surface area contributed by atoms with E-state index in [1.807, 2.05) is 4.90 Å². The molecule has 2 heterocycles. The largest absolute Gasteiger partial charge is 0.339 e. The van der Waals surface area contributed by atoms with Crippen molar-refractivity contribution in [2.45, 2.75) is 25.8 Å². The van der Waals surface area contributed by atoms with Crippen LogP contribution in [0.2, 0.25) is 0 Å². The standard InChI is InChI=1S/C19H21N3O4/c1-12(22-18(25)14-4-2-3-5-15(14)19(22)26)16(23)20-8-10-21(11-9-20)17(24)13-6-7-13/h2-5,12-13H,6-11H2,1H3. The molecule has 1 aromatic rings. The summed E-state index contributed by atoms with van der Waals surface area (Å²) in [7, 11) is 0. The van der Waals surface area contributed by atoms with Gasteiger partial charge in [-0.2, -0.15) is 0 Å². The van der Waals surface area contributed by atoms with E-state index in [-0.39, 0.29) is 17.7 Å². The maximum absolute atomic E-state index is 12.8. The molecule has 1 saturated carbocycles. The van der Waals surface area contributed by atoms with Crippen LogP contribution in [0.5, 0.6) is 0 Å². The molecule has 7 heteroatoms. The van der Waals surface area contributed by atoms with Gasteiger partial charge >= 0.3 is 0 Å². The zero-order valence-electron chi connectivity index (χ0n) is 14.7. The Labute approximate surface area is 151 Å². The molecule has 1 aromatic carbocycles. The quantitative estimate of drug-likeness (QED) is 0.750. The molecule has 0 spiro atoms. The predicted molar refractivity (Wildman–Crippen MR) is 92.3 cm³/mol. The Morgan fingerprint density at radius 1 is 0.923 bits per heavy atom. The van der Waals surface area contributed by atoms with Gasteiger partial charge in [-0.1, -0.05) is 12.1 Å². The highest BCUT2D eigenvalue weighted by Crippen LogP contribution is 2.31. The van der Waals surface area contributed by atoms with Crippen LogP contribution in [0.25, 0.3) is 0 Å². The molecule has 0 aromatic heterocycles. The highest BCUT2D eigenvalue weighted by molar-refractivity contribution is 6.22. The van der Waals surface area contributed by atoms with Crippen LogP contribution in [0, 0.1) is 5.92 Å². The van der Waals surface area contributed by atoms with Crippen molar-refractivity contribution in [2.24, 2.45) is 5.92 Å². The molecule has 0 N–H and O–H groups in total. The fraction of sp³-hybridized carbons (Fsp3) is 0.474. The minimum absolute atomic E-state index is 0.175. The Kier molecular flexibility index (Phi) is 4.01. The molecule has 26 heavy (non-hydrogen) atoms. The van der Waals surface area contributed by atoms with Crippen LogP contribution >= 0.6 is 0 Å². The van der Waals surface area contributed by atoms with Gasteiger partial charge in [0.1, 0.15) is 6.04 Å². The van der Waals surface area contributed by atoms with E-state index in [2.05, 4.69) is 0 Å². The van der Waals surface area contributed by atoms with Gasteiger partial charge in [0.25, 0.3) is 11.8 Å². The summed E-state index contributed by atoms with van der Waals surface area (Å²) in [6.07, 6.45) is 1.93. The van der Waals surface area contributed by atoms with Crippen LogP contribution in [0.1, 0.15) is 40.5 Å². The number of nitrogens with zero attached hydrogens (tertiary/aromatic N) is 3. The normalized spacial score (nSPS) is 21.0. The Bertz CT molecular complexity index is 759. The highest BCUT2D eigenvalue weighted by Gasteiger charge is 2.42. The number of imide groups is 1. The van der Waals surface area contributed by atoms with Crippen molar-refractivity contribution in [2.75, 3.05) is 26.2 Å². The number of fused-ring (bicyclic) bond motifs is 1. The summed E-state index contributed by atoms with van der Waals surface area (Å²) < 4.78 is 0. The number of benzene rings is 1. The number of carbonyl (C=O) groups is 4. The lowest BCUT2D eigenvalue weighted by Gasteiger charge is -2.37. The first kappa shape index (κ1) is 16.8. The second kappa shape index (κ2) is 6.23. The van der Waals surface area contributed by atoms with Gasteiger partial charge in [-0.15, -0.1) is 0 Å². The van der Waals surface area contributed by atoms with E-state index in [1.165, 1.54) is 0 Å². The summed E-state index contributed by atoms with van der Waals surface area (Å²) in [6.45, 7) is 3.48. The van der Waals surface area contributed by atoms with E-state index >= 15 is 0 Å². The monoisotopic (exact) mass is 355 g/mol. The van der Waals surface area contributed by atoms with E-state index in [0.717, 1.165) is 17.7 Å². The van der Waals surface area contributed by atoms with Gasteiger partial charge in [0.15, 0.2) is 0 Å². The van der Waals surface area contributed by atoms with Gasteiger partial charge in [-0.25, -0.2) is 0 Å². The molecule has 136 valence electrons. The molecule has 0 bridgehead atoms. The molecule has 1 aliphatic carbocycles. The summed E-state index contributed by atoms with van der Waals surface area (Å²) in [5.41, 5.74) is 0.689. The van der Waals surface area contributed by atoms with Crippen molar-refractivity contribution in [3.63, 3.8) is 0 Å². The van der Waals surface area contributed by atoms with E-state index in [9.17, 15) is 19.2 Å². The minimum Gasteiger partial charge on any atom is -0.339 e. The Balaban J connectivity index is 1.42. The third kappa shape index (κ3) is 2.67. The fourth-order valence-corrected chi connectivity index (χ4v) is 3.67. The van der Waals surface area contributed by atoms with Gasteiger partial charge in [0.2, 0.25) is 11.8 Å². The lowest BCUT2D eigenvalue weighted by Crippen LogP contribution is -2.56. The number of hydrogen-bond acceptors (Lipinski definition) is 4. The van der Waals surface area contributed by atoms with Crippen molar-refractivity contribution >= 4 is 23.6 Å². The first-order valence-electron chi connectivity index (χ1n) is 9.03. The van der Waals surface area contributed by atoms with Crippen molar-refractivity contribution in [3.8, 4) is 0 Å². The van der Waals surface area contributed by atoms with Crippen molar-refractivity contribution < 1.29 is 19.2 Å². The second-order valence-corrected chi connectivity index (χ2v) is 7.13. The molecule has 3 aliphatic rings. The third-order valence-electron chi connectivity index (χ3n) is 5.40. The highest BCUT2D eigenvalue weighted by atomic mass is 16.2. The fourth-order valence-electron chi connectivity index (χ4n) is 3.67. The molecular weight excluding hydrogens is 334 g/mol. The van der Waals surface area contributed by atoms with Crippen LogP contribution in [-0.2, 0) is 9.59 Å². The molecule has 4 amide bonds. The average molecular weight is 355 g/mol. The summed E-state index contributed by atoms with van der Waals surface area (Å²) in [6, 6.07) is 5.77. The van der Waals surface area contributed by atoms with E-state index in [4.69, 9.17) is 0 Å². The van der Waals surface area contributed by atoms with E-state index in [1.54, 1.807) is 36.1 Å². The van der Waals surface area contributed by atoms with Gasteiger partial charge in [0.05, 0.1) is 11.1 Å². The summed E-state index contributed by atoms with van der Waals surface area (Å²) in [5, 5.41) is 0. The van der Waals surface area contributed by atoms with Crippen LogP contribution in [0.3, 0.4) is 0 Å². The molecule has 2 fully saturated rings. The molecule has 2 aliphatic heterocycles. The number of hydrogen-bond donors (Lipinski definition) is 0. The van der Waals surface area contributed by atoms with Crippen molar-refractivity contribution in [3.05, 3.63) is 35.4 Å². The summed E-state index contributed by atoms with van der Waals surface area (Å²) in [4.78, 5) is 54.5. The molecule has 1 unspecified atom stereocenters. The molecule has 1 saturated heterocycles. The lowest BCUT2D eigenvalue weighted by atomic mass is 10.1. The first-order chi connectivity index (χ1) is 12.5. The summed E-state index contributed by atoms with van der Waals surface area (Å²) >= 11 is 0. The van der Waals surface area contributed by atoms with Crippen molar-refractivity contribution in [1.82, 2.24) is 14.7 Å². The van der Waals surface area contributed by atoms with E-state index in [0.29, 0.717) is 37.3 Å². The minimum atomic E-state index is -0.854. The predicted octanol–water partition coefficient (Wildman–Crippen LogP) is 0.752. The number of rotatable bonds is 3. The average Bonchev–Trinajstić information content (AvgIpc) is 3.48. The maximum atomic E-state index is 12.8. The van der Waals surface area contributed by atoms with E-state index < -0.39 is 17.9 Å². The van der Waals surface area contributed by atoms with Crippen LogP contribution < -0.4 is 0 Å². The SMILES string of the molecule is CC(C(=O)N1CCN(C(=O)C2CC2)CC1)N1C(=O)c2ccccc2C1=O. The first-order valence-corrected chi connectivity index (χ1v) is 9.03. The van der Waals surface area contributed by atoms with Gasteiger partial charge in [-0.3, -0.25) is 24.1 Å². The zero-order chi connectivity index (χ0) is 18.4. The van der Waals surface area contributed by atoms with Crippen LogP contribution in [-0.4, -0.2) is 70.5 Å². The smallest absolute Gasteiger partial charge is 0.262 e.